The molecule has 0 aliphatic heterocycles. The Morgan fingerprint density at radius 2 is 2.00 bits per heavy atom. The molecule has 1 nitrogen and oxygen atoms in total. The second-order valence-corrected chi connectivity index (χ2v) is 3.68. The topological polar surface area (TPSA) is 26.0 Å². The van der Waals surface area contributed by atoms with Crippen LogP contribution in [0.3, 0.4) is 0 Å². The first-order valence-corrected chi connectivity index (χ1v) is 5.12. The lowest BCUT2D eigenvalue weighted by Gasteiger charge is -2.08. The van der Waals surface area contributed by atoms with Crippen molar-refractivity contribution in [2.24, 2.45) is 5.73 Å². The molecule has 0 amide bonds. The maximum absolute atomic E-state index is 6.15. The van der Waals surface area contributed by atoms with Crippen LogP contribution >= 0.6 is 23.2 Å². The smallest absolute Gasteiger partial charge is 0.0485 e. The van der Waals surface area contributed by atoms with Gasteiger partial charge in [0.2, 0.25) is 0 Å². The Morgan fingerprint density at radius 1 is 1.31 bits per heavy atom. The fraction of sp³-hybridized carbons (Fsp3) is 0.400. The van der Waals surface area contributed by atoms with E-state index in [2.05, 4.69) is 0 Å². The van der Waals surface area contributed by atoms with Crippen LogP contribution in [0.2, 0.25) is 10.0 Å². The maximum Gasteiger partial charge on any atom is 0.0485 e. The van der Waals surface area contributed by atoms with Crippen LogP contribution in [0, 0.1) is 0 Å². The number of rotatable bonds is 3. The quantitative estimate of drug-likeness (QED) is 0.828. The Morgan fingerprint density at radius 3 is 2.54 bits per heavy atom. The molecule has 3 heteroatoms. The van der Waals surface area contributed by atoms with Crippen molar-refractivity contribution in [2.45, 2.75) is 19.8 Å². The van der Waals surface area contributed by atoms with Gasteiger partial charge in [0.05, 0.1) is 0 Å². The Hall–Kier alpha value is -0.240. The van der Waals surface area contributed by atoms with Gasteiger partial charge in [-0.15, -0.1) is 0 Å². The molecule has 0 radical (unpaired) electrons. The van der Waals surface area contributed by atoms with Crippen LogP contribution < -0.4 is 5.73 Å². The molecule has 13 heavy (non-hydrogen) atoms. The molecule has 0 spiro atoms. The SMILES string of the molecule is CCc1c(Cl)ccc(CCN)c1Cl. The Bertz CT molecular complexity index is 297. The number of benzene rings is 1. The van der Waals surface area contributed by atoms with Crippen LogP contribution in [-0.4, -0.2) is 6.54 Å². The molecule has 0 aromatic heterocycles. The van der Waals surface area contributed by atoms with Crippen molar-refractivity contribution < 1.29 is 0 Å². The number of nitrogens with two attached hydrogens (primary N) is 1. The zero-order valence-corrected chi connectivity index (χ0v) is 9.12. The van der Waals surface area contributed by atoms with Crippen molar-refractivity contribution in [2.75, 3.05) is 6.54 Å². The molecule has 0 bridgehead atoms. The molecular weight excluding hydrogens is 205 g/mol. The molecule has 2 N–H and O–H groups in total. The van der Waals surface area contributed by atoms with Crippen molar-refractivity contribution in [3.05, 3.63) is 33.3 Å². The van der Waals surface area contributed by atoms with E-state index in [4.69, 9.17) is 28.9 Å². The number of hydrogen-bond donors (Lipinski definition) is 1. The molecule has 0 atom stereocenters. The first-order valence-electron chi connectivity index (χ1n) is 4.36. The molecular formula is C10H13Cl2N. The van der Waals surface area contributed by atoms with Gasteiger partial charge in [-0.05, 0) is 36.6 Å². The van der Waals surface area contributed by atoms with E-state index in [0.29, 0.717) is 6.54 Å². The molecule has 1 rings (SSSR count). The summed E-state index contributed by atoms with van der Waals surface area (Å²) >= 11 is 12.1. The minimum absolute atomic E-state index is 0.616. The lowest BCUT2D eigenvalue weighted by atomic mass is 10.1. The summed E-state index contributed by atoms with van der Waals surface area (Å²) in [5, 5.41) is 1.52. The Labute approximate surface area is 88.8 Å². The van der Waals surface area contributed by atoms with Gasteiger partial charge in [-0.1, -0.05) is 36.2 Å². The normalized spacial score (nSPS) is 10.5. The summed E-state index contributed by atoms with van der Waals surface area (Å²) in [5.74, 6) is 0. The molecule has 1 aromatic rings. The fourth-order valence-electron chi connectivity index (χ4n) is 1.32. The molecule has 0 saturated heterocycles. The van der Waals surface area contributed by atoms with E-state index in [1.807, 2.05) is 19.1 Å². The highest BCUT2D eigenvalue weighted by Crippen LogP contribution is 2.28. The third kappa shape index (κ3) is 2.37. The summed E-state index contributed by atoms with van der Waals surface area (Å²) in [6.45, 7) is 2.66. The summed E-state index contributed by atoms with van der Waals surface area (Å²) in [5.41, 5.74) is 7.58. The largest absolute Gasteiger partial charge is 0.330 e. The van der Waals surface area contributed by atoms with Crippen LogP contribution in [0.15, 0.2) is 12.1 Å². The zero-order valence-electron chi connectivity index (χ0n) is 7.61. The van der Waals surface area contributed by atoms with E-state index in [0.717, 1.165) is 34.0 Å². The second-order valence-electron chi connectivity index (χ2n) is 2.89. The van der Waals surface area contributed by atoms with Crippen molar-refractivity contribution in [3.8, 4) is 0 Å². The highest BCUT2D eigenvalue weighted by Gasteiger charge is 2.07. The summed E-state index contributed by atoms with van der Waals surface area (Å²) in [7, 11) is 0. The van der Waals surface area contributed by atoms with Crippen LogP contribution in [0.4, 0.5) is 0 Å². The van der Waals surface area contributed by atoms with E-state index >= 15 is 0 Å². The molecule has 0 aliphatic rings. The van der Waals surface area contributed by atoms with E-state index in [-0.39, 0.29) is 0 Å². The molecule has 0 fully saturated rings. The van der Waals surface area contributed by atoms with E-state index in [9.17, 15) is 0 Å². The van der Waals surface area contributed by atoms with Gasteiger partial charge in [-0.2, -0.15) is 0 Å². The van der Waals surface area contributed by atoms with Gasteiger partial charge >= 0.3 is 0 Å². The molecule has 0 saturated carbocycles. The number of hydrogen-bond acceptors (Lipinski definition) is 1. The van der Waals surface area contributed by atoms with Gasteiger partial charge in [-0.25, -0.2) is 0 Å². The lowest BCUT2D eigenvalue weighted by molar-refractivity contribution is 0.962. The molecule has 72 valence electrons. The Kier molecular flexibility index (Phi) is 4.04. The van der Waals surface area contributed by atoms with Crippen molar-refractivity contribution >= 4 is 23.2 Å². The highest BCUT2D eigenvalue weighted by atomic mass is 35.5. The van der Waals surface area contributed by atoms with Gasteiger partial charge in [0, 0.05) is 10.0 Å². The van der Waals surface area contributed by atoms with E-state index in [1.165, 1.54) is 0 Å². The van der Waals surface area contributed by atoms with Crippen LogP contribution in [0.1, 0.15) is 18.1 Å². The van der Waals surface area contributed by atoms with Crippen molar-refractivity contribution in [3.63, 3.8) is 0 Å². The van der Waals surface area contributed by atoms with Crippen molar-refractivity contribution in [1.29, 1.82) is 0 Å². The van der Waals surface area contributed by atoms with E-state index in [1.54, 1.807) is 0 Å². The third-order valence-corrected chi connectivity index (χ3v) is 2.86. The Balaban J connectivity index is 3.11. The molecule has 1 aromatic carbocycles. The lowest BCUT2D eigenvalue weighted by Crippen LogP contribution is -2.04. The third-order valence-electron chi connectivity index (χ3n) is 2.03. The zero-order chi connectivity index (χ0) is 9.84. The first kappa shape index (κ1) is 10.8. The standard InChI is InChI=1S/C10H13Cl2N/c1-2-8-9(11)4-3-7(5-6-13)10(8)12/h3-4H,2,5-6,13H2,1H3. The van der Waals surface area contributed by atoms with E-state index < -0.39 is 0 Å². The summed E-state index contributed by atoms with van der Waals surface area (Å²) in [4.78, 5) is 0. The monoisotopic (exact) mass is 217 g/mol. The van der Waals surface area contributed by atoms with Crippen LogP contribution in [0.25, 0.3) is 0 Å². The van der Waals surface area contributed by atoms with Gasteiger partial charge < -0.3 is 5.73 Å². The number of halogens is 2. The fourth-order valence-corrected chi connectivity index (χ4v) is 2.05. The molecule has 0 unspecified atom stereocenters. The predicted octanol–water partition coefficient (Wildman–Crippen LogP) is 3.06. The highest BCUT2D eigenvalue weighted by molar-refractivity contribution is 6.36. The summed E-state index contributed by atoms with van der Waals surface area (Å²) in [6.07, 6.45) is 1.67. The maximum atomic E-state index is 6.15. The van der Waals surface area contributed by atoms with Gasteiger partial charge in [0.15, 0.2) is 0 Å². The summed E-state index contributed by atoms with van der Waals surface area (Å²) in [6, 6.07) is 3.83. The molecule has 0 heterocycles. The van der Waals surface area contributed by atoms with Gasteiger partial charge in [0.1, 0.15) is 0 Å². The van der Waals surface area contributed by atoms with Crippen LogP contribution in [-0.2, 0) is 12.8 Å². The minimum atomic E-state index is 0.616. The minimum Gasteiger partial charge on any atom is -0.330 e. The summed E-state index contributed by atoms with van der Waals surface area (Å²) < 4.78 is 0. The van der Waals surface area contributed by atoms with Gasteiger partial charge in [-0.3, -0.25) is 0 Å². The molecule has 0 aliphatic carbocycles. The van der Waals surface area contributed by atoms with Crippen molar-refractivity contribution in [1.82, 2.24) is 0 Å². The average Bonchev–Trinajstić information content (AvgIpc) is 2.11. The van der Waals surface area contributed by atoms with Crippen LogP contribution in [0.5, 0.6) is 0 Å². The van der Waals surface area contributed by atoms with Gasteiger partial charge in [0.25, 0.3) is 0 Å². The average molecular weight is 218 g/mol. The predicted molar refractivity (Wildman–Crippen MR) is 58.6 cm³/mol. The second kappa shape index (κ2) is 4.85. The first-order chi connectivity index (χ1) is 6.20.